The minimum absolute atomic E-state index is 0.107. The number of hydrogen-bond donors (Lipinski definition) is 0. The van der Waals surface area contributed by atoms with E-state index in [4.69, 9.17) is 4.74 Å². The highest BCUT2D eigenvalue weighted by Crippen LogP contribution is 2.22. The molecule has 1 heterocycles. The average molecular weight is 317 g/mol. The van der Waals surface area contributed by atoms with Crippen LogP contribution in [0.3, 0.4) is 0 Å². The van der Waals surface area contributed by atoms with Gasteiger partial charge in [0.05, 0.1) is 22.3 Å². The number of hydrogen-bond acceptors (Lipinski definition) is 3. The molecule has 0 aliphatic carbocycles. The quantitative estimate of drug-likeness (QED) is 0.810. The van der Waals surface area contributed by atoms with Gasteiger partial charge in [-0.2, -0.15) is 5.10 Å². The molecule has 1 aromatic rings. The Bertz CT molecular complexity index is 427. The van der Waals surface area contributed by atoms with E-state index < -0.39 is 0 Å². The summed E-state index contributed by atoms with van der Waals surface area (Å²) in [5, 5.41) is 4.29. The zero-order valence-corrected chi connectivity index (χ0v) is 13.2. The Labute approximate surface area is 117 Å². The second-order valence-corrected chi connectivity index (χ2v) is 5.53. The van der Waals surface area contributed by atoms with Crippen LogP contribution in [-0.2, 0) is 23.0 Å². The normalized spacial score (nSPS) is 13.1. The van der Waals surface area contributed by atoms with E-state index in [1.165, 1.54) is 0 Å². The molecule has 4 nitrogen and oxygen atoms in total. The maximum atomic E-state index is 12.3. The molecule has 0 spiro atoms. The maximum absolute atomic E-state index is 12.3. The smallest absolute Gasteiger partial charge is 0.167 e. The Morgan fingerprint density at radius 1 is 1.50 bits per heavy atom. The van der Waals surface area contributed by atoms with Gasteiger partial charge in [-0.15, -0.1) is 0 Å². The van der Waals surface area contributed by atoms with Gasteiger partial charge in [0.15, 0.2) is 5.78 Å². The van der Waals surface area contributed by atoms with Crippen LogP contribution in [0.15, 0.2) is 4.47 Å². The highest BCUT2D eigenvalue weighted by molar-refractivity contribution is 9.10. The molecule has 0 aliphatic rings. The summed E-state index contributed by atoms with van der Waals surface area (Å²) in [6.45, 7) is 8.39. The molecular weight excluding hydrogens is 296 g/mol. The van der Waals surface area contributed by atoms with Gasteiger partial charge in [0.25, 0.3) is 0 Å². The Morgan fingerprint density at radius 3 is 2.50 bits per heavy atom. The van der Waals surface area contributed by atoms with Crippen LogP contribution in [0.4, 0.5) is 0 Å². The number of Topliss-reactive ketones (excluding diaryl/α,β-unsaturated/α-hetero) is 1. The van der Waals surface area contributed by atoms with E-state index >= 15 is 0 Å². The van der Waals surface area contributed by atoms with Crippen molar-refractivity contribution in [1.82, 2.24) is 9.78 Å². The van der Waals surface area contributed by atoms with Crippen LogP contribution < -0.4 is 0 Å². The number of aromatic nitrogens is 2. The average Bonchev–Trinajstić information content (AvgIpc) is 2.52. The van der Waals surface area contributed by atoms with Crippen LogP contribution in [0.5, 0.6) is 0 Å². The van der Waals surface area contributed by atoms with Gasteiger partial charge in [-0.25, -0.2) is 0 Å². The van der Waals surface area contributed by atoms with Crippen molar-refractivity contribution in [3.8, 4) is 0 Å². The SMILES string of the molecule is CCOC(C(=O)Cc1c(Br)c(C)nn1C)C(C)C. The van der Waals surface area contributed by atoms with Gasteiger partial charge in [-0.05, 0) is 35.7 Å². The highest BCUT2D eigenvalue weighted by atomic mass is 79.9. The third-order valence-electron chi connectivity index (χ3n) is 2.87. The third-order valence-corrected chi connectivity index (χ3v) is 3.90. The van der Waals surface area contributed by atoms with Crippen LogP contribution in [-0.4, -0.2) is 28.3 Å². The van der Waals surface area contributed by atoms with Crippen molar-refractivity contribution < 1.29 is 9.53 Å². The Hall–Kier alpha value is -0.680. The summed E-state index contributed by atoms with van der Waals surface area (Å²) < 4.78 is 8.19. The highest BCUT2D eigenvalue weighted by Gasteiger charge is 2.24. The Balaban J connectivity index is 2.85. The first-order chi connectivity index (χ1) is 8.38. The van der Waals surface area contributed by atoms with Crippen molar-refractivity contribution in [2.45, 2.75) is 40.2 Å². The fraction of sp³-hybridized carbons (Fsp3) is 0.692. The molecule has 5 heteroatoms. The van der Waals surface area contributed by atoms with Crippen LogP contribution in [0.2, 0.25) is 0 Å². The lowest BCUT2D eigenvalue weighted by Crippen LogP contribution is -2.31. The number of nitrogens with zero attached hydrogens (tertiary/aromatic N) is 2. The summed E-state index contributed by atoms with van der Waals surface area (Å²) in [5.41, 5.74) is 1.81. The predicted octanol–water partition coefficient (Wildman–Crippen LogP) is 2.66. The van der Waals surface area contributed by atoms with Gasteiger partial charge in [0.2, 0.25) is 0 Å². The van der Waals surface area contributed by atoms with E-state index in [1.54, 1.807) is 4.68 Å². The molecule has 0 aromatic carbocycles. The molecule has 0 radical (unpaired) electrons. The molecule has 0 fully saturated rings. The number of carbonyl (C=O) groups is 1. The van der Waals surface area contributed by atoms with Crippen LogP contribution in [0.25, 0.3) is 0 Å². The zero-order valence-electron chi connectivity index (χ0n) is 11.7. The van der Waals surface area contributed by atoms with Crippen molar-refractivity contribution in [3.63, 3.8) is 0 Å². The second kappa shape index (κ2) is 6.48. The molecule has 0 N–H and O–H groups in total. The molecule has 0 aliphatic heterocycles. The van der Waals surface area contributed by atoms with Crippen molar-refractivity contribution in [2.75, 3.05) is 6.61 Å². The first-order valence-electron chi connectivity index (χ1n) is 6.20. The van der Waals surface area contributed by atoms with E-state index in [2.05, 4.69) is 21.0 Å². The molecule has 0 saturated carbocycles. The lowest BCUT2D eigenvalue weighted by molar-refractivity contribution is -0.132. The molecule has 1 unspecified atom stereocenters. The molecule has 1 rings (SSSR count). The van der Waals surface area contributed by atoms with Crippen molar-refractivity contribution in [3.05, 3.63) is 15.9 Å². The summed E-state index contributed by atoms with van der Waals surface area (Å²) >= 11 is 3.48. The van der Waals surface area contributed by atoms with Gasteiger partial charge >= 0.3 is 0 Å². The minimum Gasteiger partial charge on any atom is -0.370 e. The molecule has 0 amide bonds. The number of aryl methyl sites for hydroxylation is 2. The monoisotopic (exact) mass is 316 g/mol. The van der Waals surface area contributed by atoms with Crippen LogP contribution in [0, 0.1) is 12.8 Å². The first-order valence-corrected chi connectivity index (χ1v) is 7.00. The minimum atomic E-state index is -0.336. The predicted molar refractivity (Wildman–Crippen MR) is 74.6 cm³/mol. The number of rotatable bonds is 6. The standard InChI is InChI=1S/C13H21BrN2O2/c1-6-18-13(8(2)3)11(17)7-10-12(14)9(4)15-16(10)5/h8,13H,6-7H2,1-5H3. The number of ketones is 1. The lowest BCUT2D eigenvalue weighted by atomic mass is 9.99. The van der Waals surface area contributed by atoms with E-state index in [-0.39, 0.29) is 17.8 Å². The zero-order chi connectivity index (χ0) is 13.9. The second-order valence-electron chi connectivity index (χ2n) is 4.73. The first kappa shape index (κ1) is 15.4. The fourth-order valence-corrected chi connectivity index (χ4v) is 2.45. The molecular formula is C13H21BrN2O2. The summed E-state index contributed by atoms with van der Waals surface area (Å²) in [6, 6.07) is 0. The molecule has 0 bridgehead atoms. The fourth-order valence-electron chi connectivity index (χ4n) is 1.97. The van der Waals surface area contributed by atoms with Gasteiger partial charge < -0.3 is 4.74 Å². The van der Waals surface area contributed by atoms with Crippen molar-refractivity contribution >= 4 is 21.7 Å². The van der Waals surface area contributed by atoms with E-state index in [1.807, 2.05) is 34.7 Å². The van der Waals surface area contributed by atoms with Crippen LogP contribution in [0.1, 0.15) is 32.2 Å². The van der Waals surface area contributed by atoms with E-state index in [9.17, 15) is 4.79 Å². The lowest BCUT2D eigenvalue weighted by Gasteiger charge is -2.19. The largest absolute Gasteiger partial charge is 0.370 e. The summed E-state index contributed by atoms with van der Waals surface area (Å²) in [6.07, 6.45) is 0.0120. The van der Waals surface area contributed by atoms with E-state index in [0.717, 1.165) is 15.9 Å². The summed E-state index contributed by atoms with van der Waals surface area (Å²) in [5.74, 6) is 0.293. The molecule has 1 aromatic heterocycles. The van der Waals surface area contributed by atoms with Gasteiger partial charge in [-0.3, -0.25) is 9.48 Å². The summed E-state index contributed by atoms with van der Waals surface area (Å²) in [4.78, 5) is 12.3. The molecule has 18 heavy (non-hydrogen) atoms. The summed E-state index contributed by atoms with van der Waals surface area (Å²) in [7, 11) is 1.85. The van der Waals surface area contributed by atoms with Crippen molar-refractivity contribution in [2.24, 2.45) is 13.0 Å². The topological polar surface area (TPSA) is 44.1 Å². The van der Waals surface area contributed by atoms with Gasteiger partial charge in [0.1, 0.15) is 6.10 Å². The van der Waals surface area contributed by atoms with Crippen LogP contribution >= 0.6 is 15.9 Å². The van der Waals surface area contributed by atoms with E-state index in [0.29, 0.717) is 13.0 Å². The molecule has 0 saturated heterocycles. The van der Waals surface area contributed by atoms with Gasteiger partial charge in [0, 0.05) is 13.7 Å². The Morgan fingerprint density at radius 2 is 2.11 bits per heavy atom. The molecule has 102 valence electrons. The number of ether oxygens (including phenoxy) is 1. The number of halogens is 1. The molecule has 1 atom stereocenters. The van der Waals surface area contributed by atoms with Gasteiger partial charge in [-0.1, -0.05) is 13.8 Å². The Kier molecular flexibility index (Phi) is 5.53. The number of carbonyl (C=O) groups excluding carboxylic acids is 1. The maximum Gasteiger partial charge on any atom is 0.167 e. The van der Waals surface area contributed by atoms with Crippen molar-refractivity contribution in [1.29, 1.82) is 0 Å². The third kappa shape index (κ3) is 3.42.